The lowest BCUT2D eigenvalue weighted by atomic mass is 10.00. The van der Waals surface area contributed by atoms with E-state index in [-0.39, 0.29) is 0 Å². The first-order valence-electron chi connectivity index (χ1n) is 7.52. The molecule has 1 saturated carbocycles. The van der Waals surface area contributed by atoms with E-state index >= 15 is 0 Å². The number of hydrogen-bond acceptors (Lipinski definition) is 2. The van der Waals surface area contributed by atoms with Gasteiger partial charge in [-0.1, -0.05) is 61.7 Å². The average molecular weight is 259 g/mol. The Balaban J connectivity index is 1.50. The molecular formula is C17H25NO. The van der Waals surface area contributed by atoms with Crippen molar-refractivity contribution in [2.75, 3.05) is 0 Å². The van der Waals surface area contributed by atoms with Crippen LogP contribution in [0, 0.1) is 11.8 Å². The van der Waals surface area contributed by atoms with Crippen molar-refractivity contribution >= 4 is 6.21 Å². The Morgan fingerprint density at radius 3 is 2.84 bits per heavy atom. The summed E-state index contributed by atoms with van der Waals surface area (Å²) in [5, 5.41) is 4.02. The van der Waals surface area contributed by atoms with Gasteiger partial charge in [-0.25, -0.2) is 0 Å². The van der Waals surface area contributed by atoms with Gasteiger partial charge < -0.3 is 4.84 Å². The standard InChI is InChI=1S/C17H25NO/c1-15-10-11-16(13-15)7-5-6-12-18-19-14-17-8-3-2-4-9-17/h2-4,8-9,12,15-16H,5-7,10-11,13-14H2,1H3/b18-12+. The summed E-state index contributed by atoms with van der Waals surface area (Å²) in [6, 6.07) is 10.2. The van der Waals surface area contributed by atoms with Gasteiger partial charge in [0.1, 0.15) is 6.61 Å². The lowest BCUT2D eigenvalue weighted by molar-refractivity contribution is 0.131. The van der Waals surface area contributed by atoms with E-state index in [1.54, 1.807) is 0 Å². The van der Waals surface area contributed by atoms with Crippen LogP contribution in [0.4, 0.5) is 0 Å². The Bertz CT molecular complexity index is 374. The van der Waals surface area contributed by atoms with Gasteiger partial charge in [0.25, 0.3) is 0 Å². The van der Waals surface area contributed by atoms with Crippen LogP contribution in [0.2, 0.25) is 0 Å². The molecule has 1 aromatic carbocycles. The highest BCUT2D eigenvalue weighted by molar-refractivity contribution is 5.56. The van der Waals surface area contributed by atoms with E-state index in [1.807, 2.05) is 24.4 Å². The van der Waals surface area contributed by atoms with Crippen LogP contribution in [0.25, 0.3) is 0 Å². The van der Waals surface area contributed by atoms with Crippen molar-refractivity contribution in [1.82, 2.24) is 0 Å². The first kappa shape index (κ1) is 14.1. The molecular weight excluding hydrogens is 234 g/mol. The zero-order valence-electron chi connectivity index (χ0n) is 11.9. The van der Waals surface area contributed by atoms with E-state index in [0.29, 0.717) is 6.61 Å². The van der Waals surface area contributed by atoms with Crippen molar-refractivity contribution in [2.24, 2.45) is 17.0 Å². The third-order valence-corrected chi connectivity index (χ3v) is 3.97. The van der Waals surface area contributed by atoms with Crippen LogP contribution < -0.4 is 0 Å². The Kier molecular flexibility index (Phi) is 5.93. The first-order chi connectivity index (χ1) is 9.34. The Morgan fingerprint density at radius 1 is 1.26 bits per heavy atom. The number of oxime groups is 1. The molecule has 0 aliphatic heterocycles. The molecule has 1 aliphatic rings. The minimum Gasteiger partial charge on any atom is -0.391 e. The van der Waals surface area contributed by atoms with E-state index in [2.05, 4.69) is 24.2 Å². The van der Waals surface area contributed by atoms with Gasteiger partial charge in [0.15, 0.2) is 0 Å². The highest BCUT2D eigenvalue weighted by atomic mass is 16.6. The maximum absolute atomic E-state index is 5.28. The Hall–Kier alpha value is -1.31. The molecule has 0 amide bonds. The third kappa shape index (κ3) is 5.46. The smallest absolute Gasteiger partial charge is 0.142 e. The molecule has 0 aromatic heterocycles. The molecule has 1 fully saturated rings. The van der Waals surface area contributed by atoms with Crippen LogP contribution in [0.5, 0.6) is 0 Å². The molecule has 2 nitrogen and oxygen atoms in total. The highest BCUT2D eigenvalue weighted by Crippen LogP contribution is 2.33. The predicted octanol–water partition coefficient (Wildman–Crippen LogP) is 4.80. The van der Waals surface area contributed by atoms with E-state index in [9.17, 15) is 0 Å². The summed E-state index contributed by atoms with van der Waals surface area (Å²) < 4.78 is 0. The maximum atomic E-state index is 5.28. The molecule has 104 valence electrons. The van der Waals surface area contributed by atoms with Crippen molar-refractivity contribution in [3.8, 4) is 0 Å². The number of nitrogens with zero attached hydrogens (tertiary/aromatic N) is 1. The second kappa shape index (κ2) is 7.98. The van der Waals surface area contributed by atoms with E-state index < -0.39 is 0 Å². The number of benzene rings is 1. The van der Waals surface area contributed by atoms with Crippen molar-refractivity contribution in [3.05, 3.63) is 35.9 Å². The van der Waals surface area contributed by atoms with Crippen molar-refractivity contribution in [1.29, 1.82) is 0 Å². The molecule has 2 unspecified atom stereocenters. The number of rotatable bonds is 7. The Labute approximate surface area is 116 Å². The first-order valence-corrected chi connectivity index (χ1v) is 7.52. The van der Waals surface area contributed by atoms with Gasteiger partial charge in [0.05, 0.1) is 0 Å². The zero-order chi connectivity index (χ0) is 13.3. The van der Waals surface area contributed by atoms with E-state index in [4.69, 9.17) is 4.84 Å². The molecule has 1 aromatic rings. The van der Waals surface area contributed by atoms with Crippen LogP contribution in [-0.4, -0.2) is 6.21 Å². The van der Waals surface area contributed by atoms with Gasteiger partial charge in [-0.15, -0.1) is 0 Å². The average Bonchev–Trinajstić information content (AvgIpc) is 2.85. The van der Waals surface area contributed by atoms with E-state index in [1.165, 1.54) is 37.7 Å². The lowest BCUT2D eigenvalue weighted by Gasteiger charge is -2.07. The summed E-state index contributed by atoms with van der Waals surface area (Å²) >= 11 is 0. The second-order valence-corrected chi connectivity index (χ2v) is 5.76. The topological polar surface area (TPSA) is 21.6 Å². The summed E-state index contributed by atoms with van der Waals surface area (Å²) in [7, 11) is 0. The lowest BCUT2D eigenvalue weighted by Crippen LogP contribution is -1.94. The van der Waals surface area contributed by atoms with Gasteiger partial charge in [0.2, 0.25) is 0 Å². The predicted molar refractivity (Wildman–Crippen MR) is 80.1 cm³/mol. The summed E-state index contributed by atoms with van der Waals surface area (Å²) in [5.41, 5.74) is 1.17. The third-order valence-electron chi connectivity index (χ3n) is 3.97. The van der Waals surface area contributed by atoms with Crippen LogP contribution in [0.1, 0.15) is 51.0 Å². The van der Waals surface area contributed by atoms with Crippen molar-refractivity contribution in [2.45, 2.75) is 52.1 Å². The van der Waals surface area contributed by atoms with Crippen molar-refractivity contribution in [3.63, 3.8) is 0 Å². The van der Waals surface area contributed by atoms with Crippen LogP contribution in [-0.2, 0) is 11.4 Å². The fourth-order valence-electron chi connectivity index (χ4n) is 2.88. The summed E-state index contributed by atoms with van der Waals surface area (Å²) in [6.07, 6.45) is 9.86. The molecule has 0 saturated heterocycles. The molecule has 0 bridgehead atoms. The fourth-order valence-corrected chi connectivity index (χ4v) is 2.88. The fraction of sp³-hybridized carbons (Fsp3) is 0.588. The molecule has 1 aliphatic carbocycles. The number of hydrogen-bond donors (Lipinski definition) is 0. The maximum Gasteiger partial charge on any atom is 0.142 e. The summed E-state index contributed by atoms with van der Waals surface area (Å²) in [5.74, 6) is 1.92. The highest BCUT2D eigenvalue weighted by Gasteiger charge is 2.20. The molecule has 2 heteroatoms. The zero-order valence-corrected chi connectivity index (χ0v) is 11.9. The van der Waals surface area contributed by atoms with Gasteiger partial charge in [0, 0.05) is 6.21 Å². The quantitative estimate of drug-likeness (QED) is 0.392. The van der Waals surface area contributed by atoms with Crippen LogP contribution in [0.3, 0.4) is 0 Å². The largest absolute Gasteiger partial charge is 0.391 e. The van der Waals surface area contributed by atoms with Crippen molar-refractivity contribution < 1.29 is 4.84 Å². The SMILES string of the molecule is CC1CCC(CCC/C=N/OCc2ccccc2)C1. The van der Waals surface area contributed by atoms with Crippen LogP contribution >= 0.6 is 0 Å². The summed E-state index contributed by atoms with van der Waals surface area (Å²) in [4.78, 5) is 5.28. The molecule has 0 radical (unpaired) electrons. The van der Waals surface area contributed by atoms with Crippen LogP contribution in [0.15, 0.2) is 35.5 Å². The van der Waals surface area contributed by atoms with E-state index in [0.717, 1.165) is 18.3 Å². The Morgan fingerprint density at radius 2 is 2.11 bits per heavy atom. The van der Waals surface area contributed by atoms with Gasteiger partial charge in [-0.3, -0.25) is 0 Å². The molecule has 0 heterocycles. The number of unbranched alkanes of at least 4 members (excludes halogenated alkanes) is 1. The summed E-state index contributed by atoms with van der Waals surface area (Å²) in [6.45, 7) is 2.94. The molecule has 2 atom stereocenters. The van der Waals surface area contributed by atoms with Gasteiger partial charge in [-0.2, -0.15) is 0 Å². The molecule has 0 N–H and O–H groups in total. The minimum atomic E-state index is 0.567. The minimum absolute atomic E-state index is 0.567. The monoisotopic (exact) mass is 259 g/mol. The van der Waals surface area contributed by atoms with Gasteiger partial charge >= 0.3 is 0 Å². The van der Waals surface area contributed by atoms with Gasteiger partial charge in [-0.05, 0) is 36.7 Å². The molecule has 19 heavy (non-hydrogen) atoms. The molecule has 0 spiro atoms. The second-order valence-electron chi connectivity index (χ2n) is 5.76. The normalized spacial score (nSPS) is 23.0. The molecule has 2 rings (SSSR count).